The molecule has 1 aliphatic rings. The number of hydrogen-bond acceptors (Lipinski definition) is 2. The summed E-state index contributed by atoms with van der Waals surface area (Å²) in [5.41, 5.74) is -0.175. The number of carbonyl (C=O) groups excluding carboxylic acids is 1. The van der Waals surface area contributed by atoms with Crippen molar-refractivity contribution in [2.45, 2.75) is 38.1 Å². The van der Waals surface area contributed by atoms with Crippen molar-refractivity contribution in [1.29, 1.82) is 0 Å². The number of aliphatic hydroxyl groups excluding tert-OH is 1. The Bertz CT molecular complexity index is 455. The molecule has 0 bridgehead atoms. The summed E-state index contributed by atoms with van der Waals surface area (Å²) in [6, 6.07) is 3.76. The van der Waals surface area contributed by atoms with Gasteiger partial charge in [-0.15, -0.1) is 0 Å². The van der Waals surface area contributed by atoms with E-state index in [2.05, 4.69) is 0 Å². The molecule has 0 atom stereocenters. The Morgan fingerprint density at radius 3 is 2.45 bits per heavy atom. The lowest BCUT2D eigenvalue weighted by atomic mass is 9.91. The lowest BCUT2D eigenvalue weighted by molar-refractivity contribution is -0.134. The fourth-order valence-corrected chi connectivity index (χ4v) is 2.40. The standard InChI is InChI=1S/C15H19F2NO2/c16-13-6-2-7-14(17)12(13)10-15(20)18(8-3-9-19)11-4-1-5-11/h2,6-7,11,19H,1,3-5,8-10H2. The summed E-state index contributed by atoms with van der Waals surface area (Å²) in [4.78, 5) is 13.9. The van der Waals surface area contributed by atoms with E-state index in [1.54, 1.807) is 4.90 Å². The molecule has 0 aromatic heterocycles. The second kappa shape index (κ2) is 6.79. The minimum Gasteiger partial charge on any atom is -0.396 e. The molecule has 0 saturated heterocycles. The third kappa shape index (κ3) is 3.33. The molecule has 0 unspecified atom stereocenters. The zero-order chi connectivity index (χ0) is 14.5. The van der Waals surface area contributed by atoms with Crippen LogP contribution in [-0.2, 0) is 11.2 Å². The van der Waals surface area contributed by atoms with Crippen LogP contribution < -0.4 is 0 Å². The Balaban J connectivity index is 2.07. The molecule has 1 aliphatic carbocycles. The number of carbonyl (C=O) groups is 1. The molecule has 110 valence electrons. The van der Waals surface area contributed by atoms with Gasteiger partial charge in [-0.3, -0.25) is 4.79 Å². The van der Waals surface area contributed by atoms with Crippen LogP contribution in [0.1, 0.15) is 31.2 Å². The zero-order valence-corrected chi connectivity index (χ0v) is 11.3. The summed E-state index contributed by atoms with van der Waals surface area (Å²) in [7, 11) is 0. The molecule has 3 nitrogen and oxygen atoms in total. The summed E-state index contributed by atoms with van der Waals surface area (Å²) in [6.07, 6.45) is 3.15. The molecule has 0 aliphatic heterocycles. The van der Waals surface area contributed by atoms with Crippen molar-refractivity contribution in [3.63, 3.8) is 0 Å². The van der Waals surface area contributed by atoms with Gasteiger partial charge in [-0.05, 0) is 37.8 Å². The maximum atomic E-state index is 13.6. The summed E-state index contributed by atoms with van der Waals surface area (Å²) in [5.74, 6) is -1.64. The van der Waals surface area contributed by atoms with Crippen molar-refractivity contribution in [3.8, 4) is 0 Å². The van der Waals surface area contributed by atoms with E-state index in [0.717, 1.165) is 31.4 Å². The topological polar surface area (TPSA) is 40.5 Å². The van der Waals surface area contributed by atoms with Crippen molar-refractivity contribution in [2.75, 3.05) is 13.2 Å². The van der Waals surface area contributed by atoms with Gasteiger partial charge in [0.2, 0.25) is 5.91 Å². The van der Waals surface area contributed by atoms with Crippen LogP contribution in [0.5, 0.6) is 0 Å². The van der Waals surface area contributed by atoms with E-state index in [0.29, 0.717) is 13.0 Å². The van der Waals surface area contributed by atoms with Crippen LogP contribution in [0.25, 0.3) is 0 Å². The number of aliphatic hydroxyl groups is 1. The molecule has 0 radical (unpaired) electrons. The van der Waals surface area contributed by atoms with E-state index in [9.17, 15) is 13.6 Å². The SMILES string of the molecule is O=C(Cc1c(F)cccc1F)N(CCCO)C1CCC1. The van der Waals surface area contributed by atoms with Crippen molar-refractivity contribution in [2.24, 2.45) is 0 Å². The highest BCUT2D eigenvalue weighted by Gasteiger charge is 2.29. The molecule has 1 aromatic carbocycles. The molecular formula is C15H19F2NO2. The van der Waals surface area contributed by atoms with Crippen molar-refractivity contribution in [3.05, 3.63) is 35.4 Å². The van der Waals surface area contributed by atoms with E-state index in [-0.39, 0.29) is 30.5 Å². The molecule has 1 aromatic rings. The van der Waals surface area contributed by atoms with Gasteiger partial charge >= 0.3 is 0 Å². The molecule has 0 heterocycles. The van der Waals surface area contributed by atoms with Gasteiger partial charge in [-0.25, -0.2) is 8.78 Å². The minimum atomic E-state index is -0.686. The van der Waals surface area contributed by atoms with Gasteiger partial charge < -0.3 is 10.0 Å². The van der Waals surface area contributed by atoms with E-state index >= 15 is 0 Å². The molecule has 1 amide bonds. The number of amides is 1. The Morgan fingerprint density at radius 2 is 1.95 bits per heavy atom. The average molecular weight is 283 g/mol. The van der Waals surface area contributed by atoms with Crippen LogP contribution in [0.15, 0.2) is 18.2 Å². The highest BCUT2D eigenvalue weighted by molar-refractivity contribution is 5.79. The first kappa shape index (κ1) is 14.9. The van der Waals surface area contributed by atoms with Gasteiger partial charge in [-0.1, -0.05) is 6.07 Å². The zero-order valence-electron chi connectivity index (χ0n) is 11.3. The highest BCUT2D eigenvalue weighted by atomic mass is 19.1. The molecule has 1 saturated carbocycles. The van der Waals surface area contributed by atoms with Gasteiger partial charge in [-0.2, -0.15) is 0 Å². The molecule has 1 N–H and O–H groups in total. The predicted molar refractivity (Wildman–Crippen MR) is 71.1 cm³/mol. The second-order valence-electron chi connectivity index (χ2n) is 5.13. The minimum absolute atomic E-state index is 0.00452. The van der Waals surface area contributed by atoms with E-state index < -0.39 is 11.6 Å². The summed E-state index contributed by atoms with van der Waals surface area (Å²) in [5, 5.41) is 8.89. The Kier molecular flexibility index (Phi) is 5.06. The summed E-state index contributed by atoms with van der Waals surface area (Å²) in [6.45, 7) is 0.445. The van der Waals surface area contributed by atoms with Crippen LogP contribution >= 0.6 is 0 Å². The molecule has 0 spiro atoms. The number of hydrogen-bond donors (Lipinski definition) is 1. The second-order valence-corrected chi connectivity index (χ2v) is 5.13. The van der Waals surface area contributed by atoms with Gasteiger partial charge in [0.1, 0.15) is 11.6 Å². The van der Waals surface area contributed by atoms with E-state index in [1.165, 1.54) is 6.07 Å². The lowest BCUT2D eigenvalue weighted by Gasteiger charge is -2.37. The number of rotatable bonds is 6. The molecule has 20 heavy (non-hydrogen) atoms. The van der Waals surface area contributed by atoms with Gasteiger partial charge in [0, 0.05) is 24.8 Å². The van der Waals surface area contributed by atoms with Crippen LogP contribution in [0.2, 0.25) is 0 Å². The van der Waals surface area contributed by atoms with Gasteiger partial charge in [0.25, 0.3) is 0 Å². The average Bonchev–Trinajstić information content (AvgIpc) is 2.36. The molecule has 5 heteroatoms. The maximum Gasteiger partial charge on any atom is 0.227 e. The first-order valence-electron chi connectivity index (χ1n) is 6.96. The third-order valence-electron chi connectivity index (χ3n) is 3.78. The van der Waals surface area contributed by atoms with Crippen LogP contribution in [-0.4, -0.2) is 35.1 Å². The first-order chi connectivity index (χ1) is 9.63. The fourth-order valence-electron chi connectivity index (χ4n) is 2.40. The van der Waals surface area contributed by atoms with Crippen LogP contribution in [0, 0.1) is 11.6 Å². The Morgan fingerprint density at radius 1 is 1.30 bits per heavy atom. The Labute approximate surface area is 117 Å². The Hall–Kier alpha value is -1.49. The third-order valence-corrected chi connectivity index (χ3v) is 3.78. The quantitative estimate of drug-likeness (QED) is 0.870. The lowest BCUT2D eigenvalue weighted by Crippen LogP contribution is -2.45. The predicted octanol–water partition coefficient (Wildman–Crippen LogP) is 2.27. The summed E-state index contributed by atoms with van der Waals surface area (Å²) < 4.78 is 27.1. The monoisotopic (exact) mass is 283 g/mol. The van der Waals surface area contributed by atoms with Crippen molar-refractivity contribution >= 4 is 5.91 Å². The van der Waals surface area contributed by atoms with Crippen molar-refractivity contribution in [1.82, 2.24) is 4.90 Å². The largest absolute Gasteiger partial charge is 0.396 e. The van der Waals surface area contributed by atoms with E-state index in [1.807, 2.05) is 0 Å². The molecular weight excluding hydrogens is 264 g/mol. The van der Waals surface area contributed by atoms with Gasteiger partial charge in [0.15, 0.2) is 0 Å². The number of nitrogens with zero attached hydrogens (tertiary/aromatic N) is 1. The van der Waals surface area contributed by atoms with Crippen LogP contribution in [0.3, 0.4) is 0 Å². The fraction of sp³-hybridized carbons (Fsp3) is 0.533. The molecule has 2 rings (SSSR count). The number of benzene rings is 1. The maximum absolute atomic E-state index is 13.6. The normalized spacial score (nSPS) is 14.9. The van der Waals surface area contributed by atoms with Crippen LogP contribution in [0.4, 0.5) is 8.78 Å². The number of halogens is 2. The van der Waals surface area contributed by atoms with Crippen molar-refractivity contribution < 1.29 is 18.7 Å². The molecule has 1 fully saturated rings. The van der Waals surface area contributed by atoms with E-state index in [4.69, 9.17) is 5.11 Å². The smallest absolute Gasteiger partial charge is 0.227 e. The van der Waals surface area contributed by atoms with Gasteiger partial charge in [0.05, 0.1) is 6.42 Å². The summed E-state index contributed by atoms with van der Waals surface area (Å²) >= 11 is 0. The highest BCUT2D eigenvalue weighted by Crippen LogP contribution is 2.26. The first-order valence-corrected chi connectivity index (χ1v) is 6.96.